The van der Waals surface area contributed by atoms with E-state index in [1.54, 1.807) is 6.08 Å². The minimum Gasteiger partial charge on any atom is -0.477 e. The van der Waals surface area contributed by atoms with Crippen molar-refractivity contribution in [3.63, 3.8) is 0 Å². The number of carbonyl (C=O) groups is 4. The van der Waals surface area contributed by atoms with Crippen LogP contribution >= 0.6 is 0 Å². The highest BCUT2D eigenvalue weighted by molar-refractivity contribution is 5.77. The monoisotopic (exact) mass is 1520 g/mol. The summed E-state index contributed by atoms with van der Waals surface area (Å²) in [7, 11) is 0. The average Bonchev–Trinajstić information content (AvgIpc) is 0.756. The molecule has 105 heavy (non-hydrogen) atoms. The molecule has 5 saturated heterocycles. The zero-order valence-corrected chi connectivity index (χ0v) is 61.4. The number of allylic oxidation sites excluding steroid dienone is 1. The molecule has 0 aliphatic carbocycles. The highest BCUT2D eigenvalue weighted by atomic mass is 16.8. The van der Waals surface area contributed by atoms with Crippen LogP contribution in [-0.4, -0.2) is 321 Å². The third kappa shape index (κ3) is 28.1. The van der Waals surface area contributed by atoms with Crippen LogP contribution in [0.2, 0.25) is 0 Å². The van der Waals surface area contributed by atoms with Crippen molar-refractivity contribution in [2.75, 3.05) is 39.6 Å². The molecule has 34 heteroatoms. The van der Waals surface area contributed by atoms with E-state index in [9.17, 15) is 106 Å². The fraction of sp³-hybridized carbons (Fsp3) is 0.915. The SMILES string of the molecule is CCCCCCCCCCCCC/C=C/[C@@H](O)[C@H](CO[C@@H]1OC(CO)[C@@H](O[C@@H]2OC(CO)[C@H](O[C@@H]3OC(CO)[C@H](O)[C@H](O[C@@H]4OC(CO)[C@H](O)[C@H](O[C@]5(C(=O)O)CC(O)[C@@H](NC(C)=O)C([C@H](O)[C@H](O)CO)O5)C4O)C3NC(C)=O)[C@H](O)C2O)[C@H](O)C1O)NC(=O)CCCCCCCCCCCCCCC. The number of amides is 3. The number of aliphatic carboxylic acids is 1. The second-order valence-electron chi connectivity index (χ2n) is 28.6. The number of hydrogen-bond donors (Lipinski definition) is 20. The first-order chi connectivity index (χ1) is 50.3. The van der Waals surface area contributed by atoms with Crippen LogP contribution in [-0.2, 0) is 66.5 Å². The molecule has 0 aromatic rings. The molecule has 0 radical (unpaired) electrons. The number of unbranched alkanes of at least 4 members (excludes halogenated alkanes) is 23. The zero-order valence-electron chi connectivity index (χ0n) is 61.4. The van der Waals surface area contributed by atoms with Gasteiger partial charge in [0, 0.05) is 26.7 Å². The first-order valence-corrected chi connectivity index (χ1v) is 38.1. The van der Waals surface area contributed by atoms with Gasteiger partial charge >= 0.3 is 5.97 Å². The Hall–Kier alpha value is -3.42. The van der Waals surface area contributed by atoms with Gasteiger partial charge in [-0.2, -0.15) is 0 Å². The molecular formula is C71H127N3O31. The molecule has 34 nitrogen and oxygen atoms in total. The van der Waals surface area contributed by atoms with Crippen LogP contribution in [0.1, 0.15) is 201 Å². The normalized spacial score (nSPS) is 35.0. The molecule has 0 aromatic carbocycles. The van der Waals surface area contributed by atoms with Crippen molar-refractivity contribution in [2.24, 2.45) is 0 Å². The Balaban J connectivity index is 1.26. The van der Waals surface area contributed by atoms with Gasteiger partial charge in [-0.05, 0) is 19.3 Å². The number of nitrogens with one attached hydrogen (secondary N) is 3. The Bertz CT molecular complexity index is 2460. The maximum Gasteiger partial charge on any atom is 0.364 e. The molecule has 0 spiro atoms. The first-order valence-electron chi connectivity index (χ1n) is 38.1. The Kier molecular flexibility index (Phi) is 42.5. The van der Waals surface area contributed by atoms with Crippen LogP contribution in [0.4, 0.5) is 0 Å². The molecule has 20 N–H and O–H groups in total. The van der Waals surface area contributed by atoms with Gasteiger partial charge < -0.3 is 150 Å². The number of aliphatic hydroxyl groups is 16. The largest absolute Gasteiger partial charge is 0.477 e. The van der Waals surface area contributed by atoms with Crippen molar-refractivity contribution in [3.8, 4) is 0 Å². The van der Waals surface area contributed by atoms with Gasteiger partial charge in [0.15, 0.2) is 25.2 Å². The van der Waals surface area contributed by atoms with Crippen molar-refractivity contribution in [1.29, 1.82) is 0 Å². The zero-order chi connectivity index (χ0) is 77.3. The van der Waals surface area contributed by atoms with Crippen molar-refractivity contribution in [3.05, 3.63) is 12.2 Å². The van der Waals surface area contributed by atoms with Crippen molar-refractivity contribution in [2.45, 2.75) is 372 Å². The predicted molar refractivity (Wildman–Crippen MR) is 369 cm³/mol. The summed E-state index contributed by atoms with van der Waals surface area (Å²) in [5, 5.41) is 196. The summed E-state index contributed by atoms with van der Waals surface area (Å²) in [5.41, 5.74) is 0. The Morgan fingerprint density at radius 3 is 1.40 bits per heavy atom. The number of carboxylic acid groups (broad SMARTS) is 1. The van der Waals surface area contributed by atoms with Gasteiger partial charge in [-0.25, -0.2) is 4.79 Å². The molecule has 10 unspecified atom stereocenters. The molecule has 5 heterocycles. The smallest absolute Gasteiger partial charge is 0.364 e. The number of carbonyl (C=O) groups excluding carboxylic acids is 3. The standard InChI is InChI=1S/C71H127N3O31/c1-5-7-9-11-13-15-17-19-21-23-25-27-29-31-43(82)42(74-50(85)32-30-28-26-24-22-20-18-16-14-12-10-8-6-2)39-96-67-58(91)56(89)62(48(37-78)99-67)102-68-59(92)57(90)61(49(38-79)100-68)101-66-52(73-41(4)81)63(54(87)46(35-76)97-66)103-69-60(93)65(55(88)47(36-77)98-69)105-71(70(94)95)33-44(83)51(72-40(3)80)64(104-71)53(86)45(84)34-75/h29,31,42-49,51-69,75-79,82-84,86-93H,5-28,30,32-39H2,1-4H3,(H,72,80)(H,73,81)(H,74,85)(H,94,95)/b31-29+/t42-,43+,44?,45+,46?,47?,48?,49?,51+,52?,53+,54-,55-,56+,57+,58?,59?,60?,61-,62+,63+,64?,65-,66-,67+,68-,69-,71-/m0/s1. The third-order valence-electron chi connectivity index (χ3n) is 20.1. The molecule has 5 aliphatic rings. The summed E-state index contributed by atoms with van der Waals surface area (Å²) >= 11 is 0. The molecule has 0 saturated carbocycles. The highest BCUT2D eigenvalue weighted by Crippen LogP contribution is 2.40. The predicted octanol–water partition coefficient (Wildman–Crippen LogP) is -1.82. The van der Waals surface area contributed by atoms with Crippen LogP contribution < -0.4 is 16.0 Å². The van der Waals surface area contributed by atoms with Crippen LogP contribution in [0, 0.1) is 0 Å². The summed E-state index contributed by atoms with van der Waals surface area (Å²) in [4.78, 5) is 51.8. The number of ether oxygens (including phenoxy) is 10. The molecule has 5 rings (SSSR count). The maximum atomic E-state index is 13.5. The summed E-state index contributed by atoms with van der Waals surface area (Å²) < 4.78 is 58.8. The lowest BCUT2D eigenvalue weighted by atomic mass is 9.88. The lowest BCUT2D eigenvalue weighted by Gasteiger charge is -2.51. The number of rotatable bonds is 50. The second-order valence-corrected chi connectivity index (χ2v) is 28.6. The lowest BCUT2D eigenvalue weighted by molar-refractivity contribution is -0.389. The van der Waals surface area contributed by atoms with Crippen LogP contribution in [0.3, 0.4) is 0 Å². The van der Waals surface area contributed by atoms with Gasteiger partial charge in [0.05, 0.1) is 63.9 Å². The molecule has 3 amide bonds. The number of aliphatic hydroxyl groups excluding tert-OH is 16. The van der Waals surface area contributed by atoms with E-state index in [-0.39, 0.29) is 12.3 Å². The molecule has 612 valence electrons. The Labute approximate surface area is 614 Å². The fourth-order valence-corrected chi connectivity index (χ4v) is 14.0. The van der Waals surface area contributed by atoms with Crippen molar-refractivity contribution in [1.82, 2.24) is 16.0 Å². The van der Waals surface area contributed by atoms with Crippen molar-refractivity contribution < 1.29 is 153 Å². The Morgan fingerprint density at radius 2 is 0.914 bits per heavy atom. The fourth-order valence-electron chi connectivity index (χ4n) is 14.0. The quantitative estimate of drug-likeness (QED) is 0.0235. The molecule has 0 bridgehead atoms. The van der Waals surface area contributed by atoms with E-state index in [0.717, 1.165) is 65.2 Å². The van der Waals surface area contributed by atoms with Crippen LogP contribution in [0.15, 0.2) is 12.2 Å². The van der Waals surface area contributed by atoms with Gasteiger partial charge in [0.1, 0.15) is 116 Å². The maximum absolute atomic E-state index is 13.5. The third-order valence-corrected chi connectivity index (χ3v) is 20.1. The molecule has 28 atom stereocenters. The minimum absolute atomic E-state index is 0.177. The summed E-state index contributed by atoms with van der Waals surface area (Å²) in [6, 6.07) is -4.59. The van der Waals surface area contributed by atoms with E-state index in [1.807, 2.05) is 6.08 Å². The van der Waals surface area contributed by atoms with Gasteiger partial charge in [-0.3, -0.25) is 14.4 Å². The van der Waals surface area contributed by atoms with Crippen molar-refractivity contribution >= 4 is 23.7 Å². The summed E-state index contributed by atoms with van der Waals surface area (Å²) in [6.45, 7) is 0.623. The average molecular weight is 1520 g/mol. The van der Waals surface area contributed by atoms with Gasteiger partial charge in [-0.15, -0.1) is 0 Å². The number of hydrogen-bond acceptors (Lipinski definition) is 30. The van der Waals surface area contributed by atoms with E-state index in [1.165, 1.54) is 96.3 Å². The summed E-state index contributed by atoms with van der Waals surface area (Å²) in [5.74, 6) is -7.35. The topological polar surface area (TPSA) is 541 Å². The van der Waals surface area contributed by atoms with Crippen LogP contribution in [0.25, 0.3) is 0 Å². The Morgan fingerprint density at radius 1 is 0.495 bits per heavy atom. The lowest BCUT2D eigenvalue weighted by Crippen LogP contribution is -2.71. The van der Waals surface area contributed by atoms with E-state index < -0.39 is 235 Å². The van der Waals surface area contributed by atoms with E-state index in [2.05, 4.69) is 29.8 Å². The molecule has 5 fully saturated rings. The van der Waals surface area contributed by atoms with Gasteiger partial charge in [0.25, 0.3) is 5.79 Å². The van der Waals surface area contributed by atoms with Gasteiger partial charge in [0.2, 0.25) is 17.7 Å². The minimum atomic E-state index is -3.21. The number of carboxylic acids is 1. The van der Waals surface area contributed by atoms with E-state index in [0.29, 0.717) is 12.8 Å². The molecular weight excluding hydrogens is 1390 g/mol. The highest BCUT2D eigenvalue weighted by Gasteiger charge is 2.61. The van der Waals surface area contributed by atoms with E-state index >= 15 is 0 Å². The molecule has 5 aliphatic heterocycles. The van der Waals surface area contributed by atoms with Gasteiger partial charge in [-0.1, -0.05) is 167 Å². The first kappa shape index (κ1) is 92.2. The molecule has 0 aromatic heterocycles. The van der Waals surface area contributed by atoms with E-state index in [4.69, 9.17) is 47.4 Å². The summed E-state index contributed by atoms with van der Waals surface area (Å²) in [6.07, 6.45) is -17.3. The van der Waals surface area contributed by atoms with Crippen LogP contribution in [0.5, 0.6) is 0 Å². The second kappa shape index (κ2) is 48.4.